The van der Waals surface area contributed by atoms with Crippen LogP contribution >= 0.6 is 0 Å². The van der Waals surface area contributed by atoms with Gasteiger partial charge in [-0.2, -0.15) is 0 Å². The van der Waals surface area contributed by atoms with E-state index in [1.54, 1.807) is 0 Å². The number of nitrogens with zero attached hydrogens (tertiary/aromatic N) is 1. The predicted octanol–water partition coefficient (Wildman–Crippen LogP) is 1.71. The van der Waals surface area contributed by atoms with Gasteiger partial charge in [-0.25, -0.2) is 0 Å². The molecule has 1 fully saturated rings. The maximum Gasteiger partial charge on any atom is 0.149 e. The lowest BCUT2D eigenvalue weighted by atomic mass is 10.0. The second-order valence-electron chi connectivity index (χ2n) is 4.52. The molecule has 0 aromatic rings. The Labute approximate surface area is 92.8 Å². The first-order valence-electron chi connectivity index (χ1n) is 5.95. The molecule has 15 heavy (non-hydrogen) atoms. The van der Waals surface area contributed by atoms with E-state index in [9.17, 15) is 4.79 Å². The molecule has 3 heteroatoms. The molecule has 88 valence electrons. The van der Waals surface area contributed by atoms with E-state index in [1.807, 2.05) is 20.9 Å². The molecule has 1 saturated heterocycles. The molecule has 3 nitrogen and oxygen atoms in total. The standard InChI is InChI=1S/C12H23NO2/c1-4-12(14)10(2)13(3)8-11-6-5-7-15-9-11/h10-11H,4-9H2,1-3H3. The van der Waals surface area contributed by atoms with Crippen molar-refractivity contribution in [3.8, 4) is 0 Å². The average molecular weight is 213 g/mol. The van der Waals surface area contributed by atoms with Crippen molar-refractivity contribution in [2.45, 2.75) is 39.2 Å². The summed E-state index contributed by atoms with van der Waals surface area (Å²) in [5.41, 5.74) is 0. The van der Waals surface area contributed by atoms with Crippen molar-refractivity contribution < 1.29 is 9.53 Å². The van der Waals surface area contributed by atoms with Gasteiger partial charge in [0.15, 0.2) is 0 Å². The third-order valence-electron chi connectivity index (χ3n) is 3.28. The Bertz CT molecular complexity index is 200. The zero-order chi connectivity index (χ0) is 11.3. The first kappa shape index (κ1) is 12.7. The molecular formula is C12H23NO2. The number of ether oxygens (including phenoxy) is 1. The van der Waals surface area contributed by atoms with E-state index >= 15 is 0 Å². The summed E-state index contributed by atoms with van der Waals surface area (Å²) >= 11 is 0. The van der Waals surface area contributed by atoms with Gasteiger partial charge in [0, 0.05) is 19.6 Å². The van der Waals surface area contributed by atoms with Crippen molar-refractivity contribution in [1.82, 2.24) is 4.90 Å². The van der Waals surface area contributed by atoms with Crippen molar-refractivity contribution in [3.63, 3.8) is 0 Å². The van der Waals surface area contributed by atoms with E-state index in [4.69, 9.17) is 4.74 Å². The highest BCUT2D eigenvalue weighted by molar-refractivity contribution is 5.83. The topological polar surface area (TPSA) is 29.5 Å². The van der Waals surface area contributed by atoms with Crippen LogP contribution in [0.1, 0.15) is 33.1 Å². The van der Waals surface area contributed by atoms with Crippen LogP contribution in [0.25, 0.3) is 0 Å². The monoisotopic (exact) mass is 213 g/mol. The van der Waals surface area contributed by atoms with Crippen LogP contribution < -0.4 is 0 Å². The van der Waals surface area contributed by atoms with Gasteiger partial charge < -0.3 is 4.74 Å². The van der Waals surface area contributed by atoms with Crippen LogP contribution in [0.3, 0.4) is 0 Å². The largest absolute Gasteiger partial charge is 0.381 e. The highest BCUT2D eigenvalue weighted by atomic mass is 16.5. The first-order chi connectivity index (χ1) is 7.15. The van der Waals surface area contributed by atoms with Gasteiger partial charge in [0.25, 0.3) is 0 Å². The predicted molar refractivity (Wildman–Crippen MR) is 60.9 cm³/mol. The molecule has 1 aliphatic rings. The van der Waals surface area contributed by atoms with Crippen LogP contribution in [0.5, 0.6) is 0 Å². The molecule has 0 aromatic heterocycles. The van der Waals surface area contributed by atoms with Crippen LogP contribution in [-0.2, 0) is 9.53 Å². The van der Waals surface area contributed by atoms with Gasteiger partial charge in [0.05, 0.1) is 12.6 Å². The molecule has 0 aromatic carbocycles. The number of hydrogen-bond donors (Lipinski definition) is 0. The Morgan fingerprint density at radius 3 is 2.87 bits per heavy atom. The van der Waals surface area contributed by atoms with Gasteiger partial charge in [0.2, 0.25) is 0 Å². The smallest absolute Gasteiger partial charge is 0.149 e. The van der Waals surface area contributed by atoms with Crippen LogP contribution in [0.2, 0.25) is 0 Å². The molecule has 2 atom stereocenters. The number of Topliss-reactive ketones (excluding diaryl/α,β-unsaturated/α-hetero) is 1. The minimum Gasteiger partial charge on any atom is -0.381 e. The molecule has 0 saturated carbocycles. The highest BCUT2D eigenvalue weighted by Crippen LogP contribution is 2.15. The van der Waals surface area contributed by atoms with Gasteiger partial charge in [0.1, 0.15) is 5.78 Å². The molecule has 0 amide bonds. The summed E-state index contributed by atoms with van der Waals surface area (Å²) in [7, 11) is 2.03. The van der Waals surface area contributed by atoms with E-state index < -0.39 is 0 Å². The number of likely N-dealkylation sites (N-methyl/N-ethyl adjacent to an activating group) is 1. The summed E-state index contributed by atoms with van der Waals surface area (Å²) in [4.78, 5) is 13.7. The van der Waals surface area contributed by atoms with Gasteiger partial charge in [-0.05, 0) is 32.7 Å². The lowest BCUT2D eigenvalue weighted by Gasteiger charge is -2.30. The van der Waals surface area contributed by atoms with E-state index in [1.165, 1.54) is 6.42 Å². The van der Waals surface area contributed by atoms with Gasteiger partial charge in [-0.1, -0.05) is 6.92 Å². The molecule has 1 heterocycles. The summed E-state index contributed by atoms with van der Waals surface area (Å²) in [6, 6.07) is 0.0527. The lowest BCUT2D eigenvalue weighted by Crippen LogP contribution is -2.40. The SMILES string of the molecule is CCC(=O)C(C)N(C)CC1CCCOC1. The third-order valence-corrected chi connectivity index (χ3v) is 3.28. The van der Waals surface area contributed by atoms with E-state index in [2.05, 4.69) is 4.90 Å². The summed E-state index contributed by atoms with van der Waals surface area (Å²) in [5.74, 6) is 0.935. The zero-order valence-corrected chi connectivity index (χ0v) is 10.2. The number of carbonyl (C=O) groups excluding carboxylic acids is 1. The fourth-order valence-corrected chi connectivity index (χ4v) is 2.06. The second kappa shape index (κ2) is 6.23. The van der Waals surface area contributed by atoms with Gasteiger partial charge >= 0.3 is 0 Å². The number of carbonyl (C=O) groups is 1. The van der Waals surface area contributed by atoms with E-state index in [0.717, 1.165) is 26.2 Å². The van der Waals surface area contributed by atoms with Crippen LogP contribution in [-0.4, -0.2) is 43.5 Å². The molecule has 0 radical (unpaired) electrons. The normalized spacial score (nSPS) is 24.1. The Kier molecular flexibility index (Phi) is 5.26. The number of ketones is 1. The molecule has 0 N–H and O–H groups in total. The molecule has 0 aliphatic carbocycles. The van der Waals surface area contributed by atoms with Crippen LogP contribution in [0.15, 0.2) is 0 Å². The summed E-state index contributed by atoms with van der Waals surface area (Å²) < 4.78 is 5.44. The van der Waals surface area contributed by atoms with Crippen molar-refractivity contribution in [2.24, 2.45) is 5.92 Å². The molecule has 0 bridgehead atoms. The molecule has 1 rings (SSSR count). The average Bonchev–Trinajstić information content (AvgIpc) is 2.28. The van der Waals surface area contributed by atoms with E-state index in [0.29, 0.717) is 18.1 Å². The number of rotatable bonds is 5. The first-order valence-corrected chi connectivity index (χ1v) is 5.95. The minimum atomic E-state index is 0.0527. The minimum absolute atomic E-state index is 0.0527. The Morgan fingerprint density at radius 1 is 1.60 bits per heavy atom. The van der Waals surface area contributed by atoms with Crippen LogP contribution in [0, 0.1) is 5.92 Å². The van der Waals surface area contributed by atoms with E-state index in [-0.39, 0.29) is 6.04 Å². The fourth-order valence-electron chi connectivity index (χ4n) is 2.06. The fraction of sp³-hybridized carbons (Fsp3) is 0.917. The number of hydrogen-bond acceptors (Lipinski definition) is 3. The van der Waals surface area contributed by atoms with Crippen molar-refractivity contribution in [1.29, 1.82) is 0 Å². The Hall–Kier alpha value is -0.410. The lowest BCUT2D eigenvalue weighted by molar-refractivity contribution is -0.123. The highest BCUT2D eigenvalue weighted by Gasteiger charge is 2.21. The zero-order valence-electron chi connectivity index (χ0n) is 10.2. The summed E-state index contributed by atoms with van der Waals surface area (Å²) in [5, 5.41) is 0. The van der Waals surface area contributed by atoms with Gasteiger partial charge in [-0.15, -0.1) is 0 Å². The molecule has 1 aliphatic heterocycles. The van der Waals surface area contributed by atoms with Crippen molar-refractivity contribution in [2.75, 3.05) is 26.8 Å². The Morgan fingerprint density at radius 2 is 2.33 bits per heavy atom. The van der Waals surface area contributed by atoms with Crippen LogP contribution in [0.4, 0.5) is 0 Å². The van der Waals surface area contributed by atoms with Crippen molar-refractivity contribution >= 4 is 5.78 Å². The molecular weight excluding hydrogens is 190 g/mol. The maximum atomic E-state index is 11.5. The molecule has 0 spiro atoms. The summed E-state index contributed by atoms with van der Waals surface area (Å²) in [6.07, 6.45) is 3.03. The quantitative estimate of drug-likeness (QED) is 0.696. The molecule has 2 unspecified atom stereocenters. The maximum absolute atomic E-state index is 11.5. The third kappa shape index (κ3) is 3.92. The van der Waals surface area contributed by atoms with Crippen molar-refractivity contribution in [3.05, 3.63) is 0 Å². The van der Waals surface area contributed by atoms with Gasteiger partial charge in [-0.3, -0.25) is 9.69 Å². The Balaban J connectivity index is 2.32. The second-order valence-corrected chi connectivity index (χ2v) is 4.52. The summed E-state index contributed by atoms with van der Waals surface area (Å²) in [6.45, 7) is 6.67.